The minimum Gasteiger partial charge on any atom is -0.339 e. The first-order valence-electron chi connectivity index (χ1n) is 8.15. The number of carbonyl (C=O) groups excluding carboxylic acids is 1. The van der Waals surface area contributed by atoms with Crippen LogP contribution in [0.5, 0.6) is 0 Å². The standard InChI is InChI=1S/C17H19N7O/c1-3-16(25)23-7-4-12(9-23)13-8-14(17-18-11-19-24(17)10-13)20-15-5-6-22(2)21-15/h3,5-6,8,10-12H,1,4,7,9H2,2H3,(H,20,21). The number of fused-ring (bicyclic) bond motifs is 1. The fraction of sp³-hybridized carbons (Fsp3) is 0.294. The molecule has 8 nitrogen and oxygen atoms in total. The third-order valence-electron chi connectivity index (χ3n) is 4.52. The number of hydrogen-bond acceptors (Lipinski definition) is 5. The molecule has 0 aliphatic carbocycles. The number of aromatic nitrogens is 5. The van der Waals surface area contributed by atoms with Gasteiger partial charge in [-0.1, -0.05) is 6.58 Å². The molecule has 1 N–H and O–H groups in total. The number of amides is 1. The van der Waals surface area contributed by atoms with Gasteiger partial charge in [0, 0.05) is 44.5 Å². The predicted octanol–water partition coefficient (Wildman–Crippen LogP) is 1.71. The Bertz CT molecular complexity index is 942. The van der Waals surface area contributed by atoms with Crippen LogP contribution in [0.3, 0.4) is 0 Å². The van der Waals surface area contributed by atoms with Crippen LogP contribution in [-0.2, 0) is 11.8 Å². The molecule has 0 radical (unpaired) electrons. The van der Waals surface area contributed by atoms with E-state index in [0.29, 0.717) is 6.54 Å². The van der Waals surface area contributed by atoms with Gasteiger partial charge in [-0.05, 0) is 24.1 Å². The lowest BCUT2D eigenvalue weighted by molar-refractivity contribution is -0.125. The van der Waals surface area contributed by atoms with Crippen LogP contribution < -0.4 is 5.32 Å². The molecule has 0 saturated carbocycles. The van der Waals surface area contributed by atoms with Crippen molar-refractivity contribution in [2.75, 3.05) is 18.4 Å². The highest BCUT2D eigenvalue weighted by Crippen LogP contribution is 2.31. The summed E-state index contributed by atoms with van der Waals surface area (Å²) in [4.78, 5) is 18.0. The van der Waals surface area contributed by atoms with Gasteiger partial charge in [0.2, 0.25) is 5.91 Å². The van der Waals surface area contributed by atoms with Crippen LogP contribution in [-0.4, -0.2) is 48.3 Å². The quantitative estimate of drug-likeness (QED) is 0.733. The molecular weight excluding hydrogens is 318 g/mol. The zero-order valence-electron chi connectivity index (χ0n) is 14.0. The summed E-state index contributed by atoms with van der Waals surface area (Å²) in [5.41, 5.74) is 2.71. The second-order valence-corrected chi connectivity index (χ2v) is 6.19. The molecule has 1 saturated heterocycles. The van der Waals surface area contributed by atoms with E-state index in [1.54, 1.807) is 9.20 Å². The summed E-state index contributed by atoms with van der Waals surface area (Å²) < 4.78 is 3.50. The monoisotopic (exact) mass is 337 g/mol. The van der Waals surface area contributed by atoms with E-state index < -0.39 is 0 Å². The number of nitrogens with zero attached hydrogens (tertiary/aromatic N) is 6. The zero-order chi connectivity index (χ0) is 17.4. The molecule has 0 aromatic carbocycles. The van der Waals surface area contributed by atoms with E-state index in [-0.39, 0.29) is 11.8 Å². The summed E-state index contributed by atoms with van der Waals surface area (Å²) in [5.74, 6) is 0.998. The summed E-state index contributed by atoms with van der Waals surface area (Å²) >= 11 is 0. The summed E-state index contributed by atoms with van der Waals surface area (Å²) in [6.07, 6.45) is 7.69. The third-order valence-corrected chi connectivity index (χ3v) is 4.52. The van der Waals surface area contributed by atoms with Gasteiger partial charge in [-0.3, -0.25) is 9.48 Å². The lowest BCUT2D eigenvalue weighted by Gasteiger charge is -2.15. The van der Waals surface area contributed by atoms with Gasteiger partial charge in [0.1, 0.15) is 6.33 Å². The summed E-state index contributed by atoms with van der Waals surface area (Å²) in [5, 5.41) is 11.9. The van der Waals surface area contributed by atoms with E-state index in [1.807, 2.05) is 30.4 Å². The maximum absolute atomic E-state index is 11.8. The largest absolute Gasteiger partial charge is 0.339 e. The van der Waals surface area contributed by atoms with Gasteiger partial charge < -0.3 is 10.2 Å². The number of pyridine rings is 1. The maximum Gasteiger partial charge on any atom is 0.245 e. The van der Waals surface area contributed by atoms with Crippen LogP contribution in [0.25, 0.3) is 5.65 Å². The van der Waals surface area contributed by atoms with Crippen LogP contribution in [0.2, 0.25) is 0 Å². The summed E-state index contributed by atoms with van der Waals surface area (Å²) in [7, 11) is 1.87. The van der Waals surface area contributed by atoms with Gasteiger partial charge in [-0.25, -0.2) is 9.50 Å². The van der Waals surface area contributed by atoms with E-state index in [4.69, 9.17) is 0 Å². The van der Waals surface area contributed by atoms with Gasteiger partial charge >= 0.3 is 0 Å². The molecule has 1 unspecified atom stereocenters. The number of carbonyl (C=O) groups is 1. The molecule has 4 rings (SSSR count). The Hall–Kier alpha value is -3.16. The fourth-order valence-electron chi connectivity index (χ4n) is 3.24. The van der Waals surface area contributed by atoms with E-state index in [9.17, 15) is 4.79 Å². The van der Waals surface area contributed by atoms with Crippen molar-refractivity contribution < 1.29 is 4.79 Å². The molecule has 25 heavy (non-hydrogen) atoms. The van der Waals surface area contributed by atoms with Crippen molar-refractivity contribution in [1.29, 1.82) is 0 Å². The molecule has 1 amide bonds. The highest BCUT2D eigenvalue weighted by molar-refractivity contribution is 5.87. The van der Waals surface area contributed by atoms with Gasteiger partial charge in [0.05, 0.1) is 5.69 Å². The molecule has 3 aromatic heterocycles. The molecule has 0 bridgehead atoms. The highest BCUT2D eigenvalue weighted by Gasteiger charge is 2.27. The van der Waals surface area contributed by atoms with Crippen molar-refractivity contribution in [3.63, 3.8) is 0 Å². The minimum atomic E-state index is -0.0174. The van der Waals surface area contributed by atoms with E-state index >= 15 is 0 Å². The van der Waals surface area contributed by atoms with Crippen LogP contribution in [0, 0.1) is 0 Å². The van der Waals surface area contributed by atoms with E-state index in [2.05, 4.69) is 33.1 Å². The topological polar surface area (TPSA) is 80.3 Å². The molecule has 0 spiro atoms. The molecule has 1 fully saturated rings. The van der Waals surface area contributed by atoms with Crippen molar-refractivity contribution >= 4 is 23.1 Å². The van der Waals surface area contributed by atoms with Gasteiger partial charge in [-0.15, -0.1) is 0 Å². The number of hydrogen-bond donors (Lipinski definition) is 1. The van der Waals surface area contributed by atoms with Crippen molar-refractivity contribution in [3.8, 4) is 0 Å². The molecule has 4 heterocycles. The molecular formula is C17H19N7O. The second kappa shape index (κ2) is 6.04. The average Bonchev–Trinajstić information content (AvgIpc) is 3.34. The number of nitrogens with one attached hydrogen (secondary N) is 1. The number of rotatable bonds is 4. The SMILES string of the molecule is C=CC(=O)N1CCC(c2cc(Nc3ccn(C)n3)c3ncnn3c2)C1. The minimum absolute atomic E-state index is 0.0174. The summed E-state index contributed by atoms with van der Waals surface area (Å²) in [6, 6.07) is 3.98. The fourth-order valence-corrected chi connectivity index (χ4v) is 3.24. The van der Waals surface area contributed by atoms with Gasteiger partial charge in [-0.2, -0.15) is 10.2 Å². The van der Waals surface area contributed by atoms with Crippen molar-refractivity contribution in [3.05, 3.63) is 49.1 Å². The van der Waals surface area contributed by atoms with E-state index in [0.717, 1.165) is 35.7 Å². The Morgan fingerprint density at radius 2 is 2.36 bits per heavy atom. The predicted molar refractivity (Wildman–Crippen MR) is 93.6 cm³/mol. The van der Waals surface area contributed by atoms with Crippen LogP contribution >= 0.6 is 0 Å². The Kier molecular flexibility index (Phi) is 3.72. The van der Waals surface area contributed by atoms with Crippen molar-refractivity contribution in [2.45, 2.75) is 12.3 Å². The first-order valence-corrected chi connectivity index (χ1v) is 8.15. The van der Waals surface area contributed by atoms with Crippen LogP contribution in [0.4, 0.5) is 11.5 Å². The summed E-state index contributed by atoms with van der Waals surface area (Å²) in [6.45, 7) is 5.00. The van der Waals surface area contributed by atoms with Crippen molar-refractivity contribution in [2.24, 2.45) is 7.05 Å². The third kappa shape index (κ3) is 2.86. The molecule has 3 aromatic rings. The second-order valence-electron chi connectivity index (χ2n) is 6.19. The Balaban J connectivity index is 1.66. The zero-order valence-corrected chi connectivity index (χ0v) is 14.0. The molecule has 128 valence electrons. The average molecular weight is 337 g/mol. The van der Waals surface area contributed by atoms with Crippen molar-refractivity contribution in [1.82, 2.24) is 29.3 Å². The maximum atomic E-state index is 11.8. The lowest BCUT2D eigenvalue weighted by atomic mass is 10.00. The van der Waals surface area contributed by atoms with E-state index in [1.165, 1.54) is 12.4 Å². The lowest BCUT2D eigenvalue weighted by Crippen LogP contribution is -2.26. The first-order chi connectivity index (χ1) is 12.1. The smallest absolute Gasteiger partial charge is 0.245 e. The number of aryl methyl sites for hydroxylation is 1. The van der Waals surface area contributed by atoms with Gasteiger partial charge in [0.25, 0.3) is 0 Å². The molecule has 1 atom stereocenters. The number of likely N-dealkylation sites (tertiary alicyclic amines) is 1. The Morgan fingerprint density at radius 1 is 1.48 bits per heavy atom. The molecule has 8 heteroatoms. The van der Waals surface area contributed by atoms with Crippen LogP contribution in [0.15, 0.2) is 43.5 Å². The Morgan fingerprint density at radius 3 is 3.12 bits per heavy atom. The normalized spacial score (nSPS) is 17.2. The number of anilines is 2. The van der Waals surface area contributed by atoms with Crippen LogP contribution in [0.1, 0.15) is 17.9 Å². The van der Waals surface area contributed by atoms with Gasteiger partial charge in [0.15, 0.2) is 11.5 Å². The molecule has 1 aliphatic rings. The highest BCUT2D eigenvalue weighted by atomic mass is 16.2. The Labute approximate surface area is 144 Å². The first kappa shape index (κ1) is 15.4. The molecule has 1 aliphatic heterocycles.